The molecule has 2 heterocycles. The molecule has 0 aromatic carbocycles. The van der Waals surface area contributed by atoms with Gasteiger partial charge in [-0.25, -0.2) is 4.98 Å². The van der Waals surface area contributed by atoms with E-state index >= 15 is 0 Å². The van der Waals surface area contributed by atoms with Crippen molar-refractivity contribution in [2.75, 3.05) is 0 Å². The maximum Gasteiger partial charge on any atom is 0.110 e. The molecule has 0 saturated heterocycles. The average Bonchev–Trinajstić information content (AvgIpc) is 2.77. The van der Waals surface area contributed by atoms with Crippen molar-refractivity contribution < 1.29 is 4.42 Å². The molecule has 0 saturated carbocycles. The minimum absolute atomic E-state index is 0.196. The second kappa shape index (κ2) is 4.59. The number of hydrogen-bond donors (Lipinski definition) is 1. The zero-order chi connectivity index (χ0) is 10.7. The summed E-state index contributed by atoms with van der Waals surface area (Å²) < 4.78 is 5.27. The second-order valence-corrected chi connectivity index (χ2v) is 4.86. The summed E-state index contributed by atoms with van der Waals surface area (Å²) in [4.78, 5) is 5.59. The van der Waals surface area contributed by atoms with E-state index in [9.17, 15) is 0 Å². The molecule has 0 aliphatic carbocycles. The fourth-order valence-electron chi connectivity index (χ4n) is 1.40. The van der Waals surface area contributed by atoms with Crippen LogP contribution in [0.15, 0.2) is 29.0 Å². The van der Waals surface area contributed by atoms with E-state index < -0.39 is 0 Å². The van der Waals surface area contributed by atoms with Gasteiger partial charge in [-0.2, -0.15) is 0 Å². The molecule has 0 aliphatic rings. The summed E-state index contributed by atoms with van der Waals surface area (Å²) in [5, 5.41) is 1.08. The molecule has 0 radical (unpaired) electrons. The zero-order valence-corrected chi connectivity index (χ0v) is 9.46. The Balaban J connectivity index is 2.01. The molecule has 2 aromatic rings. The van der Waals surface area contributed by atoms with Gasteiger partial charge in [0, 0.05) is 17.1 Å². The minimum atomic E-state index is 0.196. The largest absolute Gasteiger partial charge is 0.469 e. The van der Waals surface area contributed by atoms with Crippen LogP contribution in [0.4, 0.5) is 0 Å². The van der Waals surface area contributed by atoms with E-state index in [1.807, 2.05) is 25.3 Å². The van der Waals surface area contributed by atoms with E-state index in [1.165, 1.54) is 4.88 Å². The van der Waals surface area contributed by atoms with Crippen LogP contribution in [0.1, 0.15) is 22.6 Å². The van der Waals surface area contributed by atoms with Gasteiger partial charge in [0.2, 0.25) is 0 Å². The zero-order valence-electron chi connectivity index (χ0n) is 8.64. The summed E-state index contributed by atoms with van der Waals surface area (Å²) in [7, 11) is 0. The van der Waals surface area contributed by atoms with Gasteiger partial charge in [-0.05, 0) is 25.5 Å². The fraction of sp³-hybridized carbons (Fsp3) is 0.364. The molecular formula is C11H14N2OS. The third kappa shape index (κ3) is 2.91. The Hall–Kier alpha value is -1.13. The number of hydrogen-bond acceptors (Lipinski definition) is 4. The molecule has 80 valence electrons. The summed E-state index contributed by atoms with van der Waals surface area (Å²) >= 11 is 1.71. The first kappa shape index (κ1) is 10.4. The molecule has 0 spiro atoms. The first-order valence-corrected chi connectivity index (χ1v) is 5.77. The molecule has 0 amide bonds. The minimum Gasteiger partial charge on any atom is -0.469 e. The Labute approximate surface area is 92.9 Å². The smallest absolute Gasteiger partial charge is 0.110 e. The van der Waals surface area contributed by atoms with Crippen LogP contribution in [-0.4, -0.2) is 11.0 Å². The van der Waals surface area contributed by atoms with Crippen molar-refractivity contribution in [1.82, 2.24) is 4.98 Å². The SMILES string of the molecule is CC(N)Cc1cnc(Cc2ccco2)s1. The second-order valence-electron chi connectivity index (χ2n) is 3.66. The first-order chi connectivity index (χ1) is 7.24. The van der Waals surface area contributed by atoms with Gasteiger partial charge in [0.05, 0.1) is 12.7 Å². The lowest BCUT2D eigenvalue weighted by atomic mass is 10.2. The van der Waals surface area contributed by atoms with Gasteiger partial charge in [-0.3, -0.25) is 0 Å². The molecule has 15 heavy (non-hydrogen) atoms. The Morgan fingerprint density at radius 1 is 1.60 bits per heavy atom. The van der Waals surface area contributed by atoms with Gasteiger partial charge in [-0.1, -0.05) is 0 Å². The van der Waals surface area contributed by atoms with Crippen LogP contribution in [0.5, 0.6) is 0 Å². The third-order valence-corrected chi connectivity index (χ3v) is 3.05. The van der Waals surface area contributed by atoms with Crippen molar-refractivity contribution in [3.8, 4) is 0 Å². The standard InChI is InChI=1S/C11H14N2OS/c1-8(12)5-10-7-13-11(15-10)6-9-3-2-4-14-9/h2-4,7-8H,5-6,12H2,1H3. The fourth-order valence-corrected chi connectivity index (χ4v) is 2.48. The lowest BCUT2D eigenvalue weighted by Gasteiger charge is -1.99. The number of rotatable bonds is 4. The number of furan rings is 1. The van der Waals surface area contributed by atoms with Crippen molar-refractivity contribution in [3.63, 3.8) is 0 Å². The van der Waals surface area contributed by atoms with Gasteiger partial charge < -0.3 is 10.2 Å². The van der Waals surface area contributed by atoms with Gasteiger partial charge in [0.1, 0.15) is 10.8 Å². The first-order valence-electron chi connectivity index (χ1n) is 4.95. The molecule has 2 rings (SSSR count). The van der Waals surface area contributed by atoms with Crippen LogP contribution in [0.3, 0.4) is 0 Å². The summed E-state index contributed by atoms with van der Waals surface area (Å²) in [5.41, 5.74) is 5.73. The van der Waals surface area contributed by atoms with Crippen molar-refractivity contribution in [2.24, 2.45) is 5.73 Å². The predicted molar refractivity (Wildman–Crippen MR) is 61.0 cm³/mol. The van der Waals surface area contributed by atoms with E-state index in [0.29, 0.717) is 0 Å². The quantitative estimate of drug-likeness (QED) is 0.863. The number of nitrogens with zero attached hydrogens (tertiary/aromatic N) is 1. The van der Waals surface area contributed by atoms with Gasteiger partial charge >= 0.3 is 0 Å². The third-order valence-electron chi connectivity index (χ3n) is 2.03. The maximum atomic E-state index is 5.73. The van der Waals surface area contributed by atoms with Gasteiger partial charge in [0.25, 0.3) is 0 Å². The highest BCUT2D eigenvalue weighted by molar-refractivity contribution is 7.11. The number of nitrogens with two attached hydrogens (primary N) is 1. The topological polar surface area (TPSA) is 52.0 Å². The van der Waals surface area contributed by atoms with Crippen molar-refractivity contribution in [3.05, 3.63) is 40.2 Å². The lowest BCUT2D eigenvalue weighted by molar-refractivity contribution is 0.520. The highest BCUT2D eigenvalue weighted by atomic mass is 32.1. The van der Waals surface area contributed by atoms with Crippen LogP contribution in [-0.2, 0) is 12.8 Å². The molecule has 4 heteroatoms. The van der Waals surface area contributed by atoms with Gasteiger partial charge in [-0.15, -0.1) is 11.3 Å². The summed E-state index contributed by atoms with van der Waals surface area (Å²) in [6, 6.07) is 4.06. The molecule has 1 unspecified atom stereocenters. The average molecular weight is 222 g/mol. The van der Waals surface area contributed by atoms with E-state index in [2.05, 4.69) is 4.98 Å². The Kier molecular flexibility index (Phi) is 3.18. The molecule has 0 aliphatic heterocycles. The Bertz CT molecular complexity index is 406. The maximum absolute atomic E-state index is 5.73. The molecule has 1 atom stereocenters. The molecule has 3 nitrogen and oxygen atoms in total. The molecule has 2 N–H and O–H groups in total. The van der Waals surface area contributed by atoms with Crippen LogP contribution in [0.2, 0.25) is 0 Å². The van der Waals surface area contributed by atoms with Crippen LogP contribution >= 0.6 is 11.3 Å². The molecular weight excluding hydrogens is 208 g/mol. The summed E-state index contributed by atoms with van der Waals surface area (Å²) in [5.74, 6) is 0.955. The highest BCUT2D eigenvalue weighted by Gasteiger charge is 2.06. The monoisotopic (exact) mass is 222 g/mol. The Morgan fingerprint density at radius 2 is 2.47 bits per heavy atom. The number of aromatic nitrogens is 1. The van der Waals surface area contributed by atoms with Crippen molar-refractivity contribution in [1.29, 1.82) is 0 Å². The molecule has 0 fully saturated rings. The molecule has 2 aromatic heterocycles. The normalized spacial score (nSPS) is 12.9. The number of thiazole rings is 1. The van der Waals surface area contributed by atoms with Crippen molar-refractivity contribution >= 4 is 11.3 Å². The highest BCUT2D eigenvalue weighted by Crippen LogP contribution is 2.18. The van der Waals surface area contributed by atoms with Crippen molar-refractivity contribution in [2.45, 2.75) is 25.8 Å². The molecule has 0 bridgehead atoms. The summed E-state index contributed by atoms with van der Waals surface area (Å²) in [6.07, 6.45) is 5.27. The van der Waals surface area contributed by atoms with E-state index in [0.717, 1.165) is 23.6 Å². The summed E-state index contributed by atoms with van der Waals surface area (Å²) in [6.45, 7) is 2.01. The van der Waals surface area contributed by atoms with Gasteiger partial charge in [0.15, 0.2) is 0 Å². The Morgan fingerprint density at radius 3 is 3.13 bits per heavy atom. The van der Waals surface area contributed by atoms with Crippen LogP contribution in [0, 0.1) is 0 Å². The van der Waals surface area contributed by atoms with Crippen LogP contribution < -0.4 is 5.73 Å². The van der Waals surface area contributed by atoms with E-state index in [4.69, 9.17) is 10.2 Å². The van der Waals surface area contributed by atoms with Crippen LogP contribution in [0.25, 0.3) is 0 Å². The predicted octanol–water partition coefficient (Wildman–Crippen LogP) is 2.22. The lowest BCUT2D eigenvalue weighted by Crippen LogP contribution is -2.16. The van der Waals surface area contributed by atoms with E-state index in [-0.39, 0.29) is 6.04 Å². The van der Waals surface area contributed by atoms with E-state index in [1.54, 1.807) is 17.6 Å².